The molecule has 1 aromatic heterocycles. The molecule has 0 aliphatic heterocycles. The Morgan fingerprint density at radius 2 is 2.24 bits per heavy atom. The molecule has 0 spiro atoms. The molecule has 1 aromatic rings. The van der Waals surface area contributed by atoms with Crippen LogP contribution in [0, 0.1) is 0 Å². The lowest BCUT2D eigenvalue weighted by atomic mass is 10.4. The number of anilines is 2. The Bertz CT molecular complexity index is 346. The van der Waals surface area contributed by atoms with Gasteiger partial charge in [-0.25, -0.2) is 9.97 Å². The molecule has 0 saturated heterocycles. The van der Waals surface area contributed by atoms with Crippen molar-refractivity contribution in [3.05, 3.63) is 11.9 Å². The summed E-state index contributed by atoms with van der Waals surface area (Å²) in [6.07, 6.45) is 0. The molecule has 1 rings (SSSR count). The molecule has 0 bridgehead atoms. The topological polar surface area (TPSA) is 70.5 Å². The third kappa shape index (κ3) is 3.83. The number of aliphatic hydroxyl groups is 1. The summed E-state index contributed by atoms with van der Waals surface area (Å²) in [5.74, 6) is 2.18. The summed E-state index contributed by atoms with van der Waals surface area (Å²) in [4.78, 5) is 10.7. The number of likely N-dealkylation sites (N-methyl/N-ethyl adjacent to an activating group) is 1. The summed E-state index contributed by atoms with van der Waals surface area (Å²) in [5, 5.41) is 12.0. The van der Waals surface area contributed by atoms with Crippen molar-refractivity contribution in [2.45, 2.75) is 13.5 Å². The van der Waals surface area contributed by atoms with Crippen LogP contribution < -0.4 is 10.2 Å². The van der Waals surface area contributed by atoms with Crippen LogP contribution >= 0.6 is 0 Å². The van der Waals surface area contributed by atoms with Gasteiger partial charge >= 0.3 is 0 Å². The zero-order valence-electron chi connectivity index (χ0n) is 10.6. The van der Waals surface area contributed by atoms with Gasteiger partial charge in [-0.1, -0.05) is 0 Å². The Labute approximate surface area is 102 Å². The summed E-state index contributed by atoms with van der Waals surface area (Å²) in [7, 11) is 3.42. The molecule has 6 heteroatoms. The van der Waals surface area contributed by atoms with E-state index in [-0.39, 0.29) is 6.61 Å². The highest BCUT2D eigenvalue weighted by Crippen LogP contribution is 2.15. The standard InChI is InChI=1S/C11H20N4O2/c1-4-15(5-6-16)11-7-9(12-2)13-10(14-11)8-17-3/h7,16H,4-6,8H2,1-3H3,(H,12,13,14). The molecule has 0 unspecified atom stereocenters. The van der Waals surface area contributed by atoms with Crippen LogP contribution in [0.15, 0.2) is 6.07 Å². The molecule has 6 nitrogen and oxygen atoms in total. The fourth-order valence-corrected chi connectivity index (χ4v) is 1.52. The zero-order chi connectivity index (χ0) is 12.7. The van der Waals surface area contributed by atoms with E-state index in [2.05, 4.69) is 15.3 Å². The molecule has 0 aliphatic carbocycles. The maximum atomic E-state index is 9.00. The first-order valence-corrected chi connectivity index (χ1v) is 5.65. The molecule has 0 amide bonds. The molecule has 17 heavy (non-hydrogen) atoms. The zero-order valence-corrected chi connectivity index (χ0v) is 10.6. The van der Waals surface area contributed by atoms with Gasteiger partial charge in [0.25, 0.3) is 0 Å². The highest BCUT2D eigenvalue weighted by Gasteiger charge is 2.09. The average Bonchev–Trinajstić information content (AvgIpc) is 2.35. The summed E-state index contributed by atoms with van der Waals surface area (Å²) in [6.45, 7) is 3.84. The van der Waals surface area contributed by atoms with E-state index < -0.39 is 0 Å². The monoisotopic (exact) mass is 240 g/mol. The van der Waals surface area contributed by atoms with Gasteiger partial charge in [0.05, 0.1) is 6.61 Å². The van der Waals surface area contributed by atoms with Crippen molar-refractivity contribution in [1.29, 1.82) is 0 Å². The number of nitrogens with zero attached hydrogens (tertiary/aromatic N) is 3. The highest BCUT2D eigenvalue weighted by atomic mass is 16.5. The lowest BCUT2D eigenvalue weighted by Gasteiger charge is -2.21. The first kappa shape index (κ1) is 13.7. The molecule has 96 valence electrons. The SMILES string of the molecule is CCN(CCO)c1cc(NC)nc(COC)n1. The van der Waals surface area contributed by atoms with E-state index in [1.54, 1.807) is 7.11 Å². The van der Waals surface area contributed by atoms with E-state index >= 15 is 0 Å². The van der Waals surface area contributed by atoms with Gasteiger partial charge in [0.15, 0.2) is 5.82 Å². The third-order valence-electron chi connectivity index (χ3n) is 2.36. The predicted octanol–water partition coefficient (Wildman–Crippen LogP) is 0.483. The largest absolute Gasteiger partial charge is 0.395 e. The number of methoxy groups -OCH3 is 1. The Hall–Kier alpha value is -1.40. The van der Waals surface area contributed by atoms with Crippen LogP contribution in [0.1, 0.15) is 12.7 Å². The molecule has 0 aromatic carbocycles. The Balaban J connectivity index is 2.99. The molecule has 0 saturated carbocycles. The number of hydrogen-bond donors (Lipinski definition) is 2. The van der Waals surface area contributed by atoms with Gasteiger partial charge in [-0.3, -0.25) is 0 Å². The van der Waals surface area contributed by atoms with Gasteiger partial charge in [0, 0.05) is 33.3 Å². The summed E-state index contributed by atoms with van der Waals surface area (Å²) < 4.78 is 5.04. The van der Waals surface area contributed by atoms with E-state index in [0.29, 0.717) is 19.0 Å². The number of ether oxygens (including phenoxy) is 1. The van der Waals surface area contributed by atoms with E-state index in [0.717, 1.165) is 18.2 Å². The van der Waals surface area contributed by atoms with Gasteiger partial charge in [0.1, 0.15) is 18.2 Å². The lowest BCUT2D eigenvalue weighted by Crippen LogP contribution is -2.27. The predicted molar refractivity (Wildman–Crippen MR) is 67.3 cm³/mol. The minimum Gasteiger partial charge on any atom is -0.395 e. The van der Waals surface area contributed by atoms with Crippen molar-refractivity contribution in [3.8, 4) is 0 Å². The Kier molecular flexibility index (Phi) is 5.65. The number of aliphatic hydroxyl groups excluding tert-OH is 1. The first-order chi connectivity index (χ1) is 8.24. The van der Waals surface area contributed by atoms with Gasteiger partial charge in [0.2, 0.25) is 0 Å². The molecule has 0 aliphatic rings. The fourth-order valence-electron chi connectivity index (χ4n) is 1.52. The number of nitrogens with one attached hydrogen (secondary N) is 1. The van der Waals surface area contributed by atoms with Crippen molar-refractivity contribution in [1.82, 2.24) is 9.97 Å². The molecule has 2 N–H and O–H groups in total. The lowest BCUT2D eigenvalue weighted by molar-refractivity contribution is 0.178. The first-order valence-electron chi connectivity index (χ1n) is 5.65. The summed E-state index contributed by atoms with van der Waals surface area (Å²) in [5.41, 5.74) is 0. The van der Waals surface area contributed by atoms with Gasteiger partial charge in [-0.15, -0.1) is 0 Å². The minimum atomic E-state index is 0.104. The van der Waals surface area contributed by atoms with Crippen LogP contribution in [0.25, 0.3) is 0 Å². The van der Waals surface area contributed by atoms with Crippen LogP contribution in [0.4, 0.5) is 11.6 Å². The van der Waals surface area contributed by atoms with Crippen molar-refractivity contribution < 1.29 is 9.84 Å². The van der Waals surface area contributed by atoms with E-state index in [1.165, 1.54) is 0 Å². The van der Waals surface area contributed by atoms with E-state index in [1.807, 2.05) is 24.9 Å². The Morgan fingerprint density at radius 3 is 2.76 bits per heavy atom. The van der Waals surface area contributed by atoms with Crippen LogP contribution in [0.3, 0.4) is 0 Å². The van der Waals surface area contributed by atoms with Gasteiger partial charge < -0.3 is 20.1 Å². The molecule has 0 radical (unpaired) electrons. The van der Waals surface area contributed by atoms with E-state index in [9.17, 15) is 0 Å². The second kappa shape index (κ2) is 7.03. The van der Waals surface area contributed by atoms with Gasteiger partial charge in [-0.05, 0) is 6.92 Å². The maximum absolute atomic E-state index is 9.00. The van der Waals surface area contributed by atoms with Crippen LogP contribution in [-0.2, 0) is 11.3 Å². The van der Waals surface area contributed by atoms with Crippen molar-refractivity contribution in [2.24, 2.45) is 0 Å². The van der Waals surface area contributed by atoms with Crippen molar-refractivity contribution in [3.63, 3.8) is 0 Å². The summed E-state index contributed by atoms with van der Waals surface area (Å²) >= 11 is 0. The number of aromatic nitrogens is 2. The van der Waals surface area contributed by atoms with Crippen molar-refractivity contribution in [2.75, 3.05) is 44.1 Å². The molecule has 1 heterocycles. The smallest absolute Gasteiger partial charge is 0.158 e. The fraction of sp³-hybridized carbons (Fsp3) is 0.636. The second-order valence-corrected chi connectivity index (χ2v) is 3.51. The minimum absolute atomic E-state index is 0.104. The average molecular weight is 240 g/mol. The Morgan fingerprint density at radius 1 is 1.47 bits per heavy atom. The molecule has 0 fully saturated rings. The highest BCUT2D eigenvalue weighted by molar-refractivity contribution is 5.49. The normalized spacial score (nSPS) is 10.4. The quantitative estimate of drug-likeness (QED) is 0.722. The van der Waals surface area contributed by atoms with Crippen LogP contribution in [-0.4, -0.2) is 48.9 Å². The third-order valence-corrected chi connectivity index (χ3v) is 2.36. The second-order valence-electron chi connectivity index (χ2n) is 3.51. The van der Waals surface area contributed by atoms with Crippen LogP contribution in [0.2, 0.25) is 0 Å². The maximum Gasteiger partial charge on any atom is 0.158 e. The molecule has 0 atom stereocenters. The summed E-state index contributed by atoms with van der Waals surface area (Å²) in [6, 6.07) is 1.86. The van der Waals surface area contributed by atoms with Crippen LogP contribution in [0.5, 0.6) is 0 Å². The number of rotatable bonds is 7. The van der Waals surface area contributed by atoms with E-state index in [4.69, 9.17) is 9.84 Å². The van der Waals surface area contributed by atoms with Crippen molar-refractivity contribution >= 4 is 11.6 Å². The molecular weight excluding hydrogens is 220 g/mol. The van der Waals surface area contributed by atoms with Gasteiger partial charge in [-0.2, -0.15) is 0 Å². The molecular formula is C11H20N4O2. The number of hydrogen-bond acceptors (Lipinski definition) is 6.